The maximum Gasteiger partial charge on any atom is 0.338 e. The van der Waals surface area contributed by atoms with Gasteiger partial charge in [0, 0.05) is 12.7 Å². The van der Waals surface area contributed by atoms with E-state index in [1.165, 1.54) is 11.9 Å². The lowest BCUT2D eigenvalue weighted by Crippen LogP contribution is -2.51. The van der Waals surface area contributed by atoms with E-state index in [2.05, 4.69) is 10.4 Å². The van der Waals surface area contributed by atoms with Crippen molar-refractivity contribution in [3.63, 3.8) is 0 Å². The van der Waals surface area contributed by atoms with E-state index >= 15 is 0 Å². The Labute approximate surface area is 190 Å². The van der Waals surface area contributed by atoms with Crippen molar-refractivity contribution in [3.8, 4) is 11.4 Å². The zero-order valence-corrected chi connectivity index (χ0v) is 18.6. The molecule has 1 aromatic heterocycles. The fraction of sp³-hybridized carbons (Fsp3) is 0.250. The zero-order valence-electron chi connectivity index (χ0n) is 18.6. The molecule has 0 aliphatic carbocycles. The number of anilines is 1. The highest BCUT2D eigenvalue weighted by Gasteiger charge is 2.33. The molecule has 0 fully saturated rings. The second-order valence-corrected chi connectivity index (χ2v) is 7.65. The van der Waals surface area contributed by atoms with E-state index in [1.54, 1.807) is 53.2 Å². The van der Waals surface area contributed by atoms with E-state index in [0.29, 0.717) is 17.0 Å². The number of amides is 2. The van der Waals surface area contributed by atoms with E-state index in [1.807, 2.05) is 19.9 Å². The Morgan fingerprint density at radius 3 is 2.52 bits per heavy atom. The summed E-state index contributed by atoms with van der Waals surface area (Å²) in [4.78, 5) is 38.9. The van der Waals surface area contributed by atoms with Crippen LogP contribution in [0.4, 0.5) is 5.69 Å². The summed E-state index contributed by atoms with van der Waals surface area (Å²) in [6.07, 6.45) is -0.855. The molecule has 170 valence electrons. The molecule has 9 nitrogen and oxygen atoms in total. The predicted molar refractivity (Wildman–Crippen MR) is 121 cm³/mol. The minimum Gasteiger partial charge on any atom is -0.477 e. The fourth-order valence-electron chi connectivity index (χ4n) is 3.69. The first-order valence-corrected chi connectivity index (χ1v) is 10.5. The van der Waals surface area contributed by atoms with Gasteiger partial charge in [-0.15, -0.1) is 0 Å². The number of hydrogen-bond donors (Lipinski definition) is 1. The number of para-hydroxylation sites is 2. The van der Waals surface area contributed by atoms with Crippen LogP contribution in [0.25, 0.3) is 5.69 Å². The quantitative estimate of drug-likeness (QED) is 0.601. The predicted octanol–water partition coefficient (Wildman–Crippen LogP) is 2.19. The standard InChI is InChI=1S/C24H24N4O5/c1-15-12-16(2)28(26-15)18-10-8-17(9-11-18)24(31)32-14-22(29)27-13-21(23(30)25-3)33-20-7-5-4-6-19(20)27/h4-12,21H,13-14H2,1-3H3,(H,25,30). The van der Waals surface area contributed by atoms with Gasteiger partial charge in [-0.25, -0.2) is 9.48 Å². The third-order valence-electron chi connectivity index (χ3n) is 5.30. The van der Waals surface area contributed by atoms with Gasteiger partial charge in [0.2, 0.25) is 0 Å². The summed E-state index contributed by atoms with van der Waals surface area (Å²) < 4.78 is 12.7. The number of aromatic nitrogens is 2. The molecule has 1 aliphatic heterocycles. The van der Waals surface area contributed by atoms with E-state index in [4.69, 9.17) is 9.47 Å². The van der Waals surface area contributed by atoms with Crippen LogP contribution in [0, 0.1) is 13.8 Å². The van der Waals surface area contributed by atoms with Crippen molar-refractivity contribution in [2.24, 2.45) is 0 Å². The Morgan fingerprint density at radius 2 is 1.85 bits per heavy atom. The summed E-state index contributed by atoms with van der Waals surface area (Å²) >= 11 is 0. The van der Waals surface area contributed by atoms with Crippen LogP contribution in [0.3, 0.4) is 0 Å². The molecule has 2 amide bonds. The van der Waals surface area contributed by atoms with Crippen LogP contribution in [0.5, 0.6) is 5.75 Å². The van der Waals surface area contributed by atoms with E-state index in [9.17, 15) is 14.4 Å². The van der Waals surface area contributed by atoms with Gasteiger partial charge in [0.25, 0.3) is 11.8 Å². The smallest absolute Gasteiger partial charge is 0.338 e. The summed E-state index contributed by atoms with van der Waals surface area (Å²) in [6.45, 7) is 3.42. The number of fused-ring (bicyclic) bond motifs is 1. The lowest BCUT2D eigenvalue weighted by atomic mass is 10.1. The molecule has 1 atom stereocenters. The van der Waals surface area contributed by atoms with E-state index in [0.717, 1.165) is 17.1 Å². The summed E-state index contributed by atoms with van der Waals surface area (Å²) in [6, 6.07) is 15.7. The minimum absolute atomic E-state index is 0.0183. The highest BCUT2D eigenvalue weighted by molar-refractivity contribution is 5.99. The van der Waals surface area contributed by atoms with E-state index < -0.39 is 24.6 Å². The number of benzene rings is 2. The number of rotatable bonds is 5. The number of hydrogen-bond acceptors (Lipinski definition) is 6. The number of ether oxygens (including phenoxy) is 2. The van der Waals surface area contributed by atoms with Gasteiger partial charge in [-0.3, -0.25) is 9.59 Å². The Kier molecular flexibility index (Phi) is 6.12. The van der Waals surface area contributed by atoms with Crippen LogP contribution >= 0.6 is 0 Å². The molecular weight excluding hydrogens is 424 g/mol. The number of likely N-dealkylation sites (N-methyl/N-ethyl adjacent to an activating group) is 1. The average molecular weight is 448 g/mol. The van der Waals surface area contributed by atoms with Crippen LogP contribution < -0.4 is 15.0 Å². The Hall–Kier alpha value is -4.14. The Balaban J connectivity index is 1.43. The van der Waals surface area contributed by atoms with Gasteiger partial charge in [0.15, 0.2) is 12.7 Å². The molecule has 0 saturated carbocycles. The molecule has 2 heterocycles. The van der Waals surface area contributed by atoms with Crippen LogP contribution in [0.1, 0.15) is 21.7 Å². The third-order valence-corrected chi connectivity index (χ3v) is 5.30. The Bertz CT molecular complexity index is 1200. The van der Waals surface area contributed by atoms with Gasteiger partial charge in [-0.05, 0) is 56.3 Å². The van der Waals surface area contributed by atoms with Crippen molar-refractivity contribution in [3.05, 3.63) is 71.5 Å². The van der Waals surface area contributed by atoms with Crippen molar-refractivity contribution in [2.45, 2.75) is 20.0 Å². The van der Waals surface area contributed by atoms with Crippen LogP contribution in [-0.2, 0) is 14.3 Å². The highest BCUT2D eigenvalue weighted by Crippen LogP contribution is 2.33. The number of nitrogens with zero attached hydrogens (tertiary/aromatic N) is 3. The van der Waals surface area contributed by atoms with Crippen molar-refractivity contribution in [2.75, 3.05) is 25.1 Å². The summed E-state index contributed by atoms with van der Waals surface area (Å²) in [7, 11) is 1.50. The van der Waals surface area contributed by atoms with Gasteiger partial charge in [0.05, 0.1) is 29.2 Å². The Morgan fingerprint density at radius 1 is 1.12 bits per heavy atom. The van der Waals surface area contributed by atoms with Gasteiger partial charge in [0.1, 0.15) is 5.75 Å². The first-order valence-electron chi connectivity index (χ1n) is 10.5. The van der Waals surface area contributed by atoms with Gasteiger partial charge >= 0.3 is 5.97 Å². The van der Waals surface area contributed by atoms with Crippen LogP contribution in [0.15, 0.2) is 54.6 Å². The molecule has 1 aliphatic rings. The van der Waals surface area contributed by atoms with Gasteiger partial charge < -0.3 is 19.7 Å². The molecule has 0 saturated heterocycles. The molecule has 33 heavy (non-hydrogen) atoms. The van der Waals surface area contributed by atoms with E-state index in [-0.39, 0.29) is 12.5 Å². The molecular formula is C24H24N4O5. The maximum absolute atomic E-state index is 12.9. The number of carbonyl (C=O) groups is 3. The summed E-state index contributed by atoms with van der Waals surface area (Å²) in [5, 5.41) is 6.95. The summed E-state index contributed by atoms with van der Waals surface area (Å²) in [5.74, 6) is -1.00. The fourth-order valence-corrected chi connectivity index (χ4v) is 3.69. The molecule has 3 aromatic rings. The maximum atomic E-state index is 12.9. The first-order chi connectivity index (χ1) is 15.9. The second kappa shape index (κ2) is 9.15. The molecule has 2 aromatic carbocycles. The average Bonchev–Trinajstić information content (AvgIpc) is 3.18. The molecule has 0 spiro atoms. The minimum atomic E-state index is -0.855. The lowest BCUT2D eigenvalue weighted by molar-refractivity contribution is -0.128. The second-order valence-electron chi connectivity index (χ2n) is 7.65. The van der Waals surface area contributed by atoms with Crippen molar-refractivity contribution in [1.29, 1.82) is 0 Å². The molecule has 0 radical (unpaired) electrons. The lowest BCUT2D eigenvalue weighted by Gasteiger charge is -2.33. The molecule has 9 heteroatoms. The summed E-state index contributed by atoms with van der Waals surface area (Å²) in [5.41, 5.74) is 3.54. The molecule has 1 unspecified atom stereocenters. The van der Waals surface area contributed by atoms with Gasteiger partial charge in [-0.1, -0.05) is 12.1 Å². The SMILES string of the molecule is CNC(=O)C1CN(C(=O)COC(=O)c2ccc(-n3nc(C)cc3C)cc2)c2ccccc2O1. The molecule has 0 bridgehead atoms. The van der Waals surface area contributed by atoms with Crippen LogP contribution in [0.2, 0.25) is 0 Å². The topological polar surface area (TPSA) is 103 Å². The third kappa shape index (κ3) is 4.57. The first kappa shape index (κ1) is 22.1. The van der Waals surface area contributed by atoms with Crippen molar-refractivity contribution < 1.29 is 23.9 Å². The van der Waals surface area contributed by atoms with Crippen LogP contribution in [-0.4, -0.2) is 53.9 Å². The molecule has 1 N–H and O–H groups in total. The molecule has 4 rings (SSSR count). The van der Waals surface area contributed by atoms with Crippen molar-refractivity contribution >= 4 is 23.5 Å². The monoisotopic (exact) mass is 448 g/mol. The number of aryl methyl sites for hydroxylation is 2. The number of nitrogens with one attached hydrogen (secondary N) is 1. The largest absolute Gasteiger partial charge is 0.477 e. The number of esters is 1. The van der Waals surface area contributed by atoms with Crippen molar-refractivity contribution in [1.82, 2.24) is 15.1 Å². The highest BCUT2D eigenvalue weighted by atomic mass is 16.5. The zero-order chi connectivity index (χ0) is 23.5. The normalized spacial score (nSPS) is 14.8. The number of carbonyl (C=O) groups excluding carboxylic acids is 3. The van der Waals surface area contributed by atoms with Gasteiger partial charge in [-0.2, -0.15) is 5.10 Å².